The smallest absolute Gasteiger partial charge is 0.136 e. The van der Waals surface area contributed by atoms with E-state index in [4.69, 9.17) is 5.73 Å². The number of rotatable bonds is 6. The minimum absolute atomic E-state index is 0.0286. The van der Waals surface area contributed by atoms with Crippen LogP contribution in [0.5, 0.6) is 0 Å². The van der Waals surface area contributed by atoms with Gasteiger partial charge in [0, 0.05) is 0 Å². The number of carbonyl (C=O) groups excluding carboxylic acids is 1. The molecule has 0 bridgehead atoms. The molecule has 2 atom stereocenters. The number of piperidine rings is 1. The SMILES string of the molecule is CN1CCCCC1N[C@H](C=O)CCCN. The highest BCUT2D eigenvalue weighted by molar-refractivity contribution is 5.57. The average molecular weight is 213 g/mol. The molecule has 0 aliphatic carbocycles. The van der Waals surface area contributed by atoms with Crippen LogP contribution in [0.4, 0.5) is 0 Å². The first-order chi connectivity index (χ1) is 7.27. The van der Waals surface area contributed by atoms with Crippen LogP contribution in [0, 0.1) is 0 Å². The summed E-state index contributed by atoms with van der Waals surface area (Å²) in [5.41, 5.74) is 5.44. The molecule has 1 rings (SSSR count). The van der Waals surface area contributed by atoms with Crippen LogP contribution in [-0.4, -0.2) is 43.5 Å². The summed E-state index contributed by atoms with van der Waals surface area (Å²) in [6.07, 6.45) is 6.80. The number of carbonyl (C=O) groups is 1. The molecular formula is C11H23N3O. The molecule has 1 aliphatic rings. The van der Waals surface area contributed by atoms with Crippen molar-refractivity contribution >= 4 is 6.29 Å². The van der Waals surface area contributed by atoms with Gasteiger partial charge in [-0.05, 0) is 52.2 Å². The van der Waals surface area contributed by atoms with E-state index < -0.39 is 0 Å². The highest BCUT2D eigenvalue weighted by Gasteiger charge is 2.21. The van der Waals surface area contributed by atoms with Crippen molar-refractivity contribution in [3.8, 4) is 0 Å². The van der Waals surface area contributed by atoms with Gasteiger partial charge in [-0.2, -0.15) is 0 Å². The van der Waals surface area contributed by atoms with E-state index in [0.29, 0.717) is 12.7 Å². The maximum absolute atomic E-state index is 10.9. The fraction of sp³-hybridized carbons (Fsp3) is 0.909. The van der Waals surface area contributed by atoms with Crippen LogP contribution >= 0.6 is 0 Å². The molecule has 3 N–H and O–H groups in total. The molecule has 1 aliphatic heterocycles. The Morgan fingerprint density at radius 3 is 3.00 bits per heavy atom. The lowest BCUT2D eigenvalue weighted by atomic mass is 10.1. The summed E-state index contributed by atoms with van der Waals surface area (Å²) in [6.45, 7) is 1.78. The summed E-state index contributed by atoms with van der Waals surface area (Å²) in [7, 11) is 2.11. The molecule has 1 saturated heterocycles. The summed E-state index contributed by atoms with van der Waals surface area (Å²) in [5.74, 6) is 0. The van der Waals surface area contributed by atoms with Gasteiger partial charge in [-0.25, -0.2) is 0 Å². The highest BCUT2D eigenvalue weighted by Crippen LogP contribution is 2.13. The van der Waals surface area contributed by atoms with E-state index in [9.17, 15) is 4.79 Å². The summed E-state index contributed by atoms with van der Waals surface area (Å²) in [4.78, 5) is 13.2. The molecule has 0 amide bonds. The van der Waals surface area contributed by atoms with Gasteiger partial charge in [0.25, 0.3) is 0 Å². The van der Waals surface area contributed by atoms with Crippen LogP contribution in [-0.2, 0) is 4.79 Å². The largest absolute Gasteiger partial charge is 0.330 e. The van der Waals surface area contributed by atoms with Gasteiger partial charge < -0.3 is 10.5 Å². The van der Waals surface area contributed by atoms with Crippen molar-refractivity contribution in [2.24, 2.45) is 5.73 Å². The molecule has 1 unspecified atom stereocenters. The number of aldehydes is 1. The quantitative estimate of drug-likeness (QED) is 0.624. The van der Waals surface area contributed by atoms with Crippen LogP contribution in [0.2, 0.25) is 0 Å². The van der Waals surface area contributed by atoms with Crippen LogP contribution in [0.1, 0.15) is 32.1 Å². The van der Waals surface area contributed by atoms with Crippen LogP contribution in [0.3, 0.4) is 0 Å². The fourth-order valence-corrected chi connectivity index (χ4v) is 2.06. The maximum atomic E-state index is 10.9. The lowest BCUT2D eigenvalue weighted by Gasteiger charge is -2.34. The van der Waals surface area contributed by atoms with Crippen molar-refractivity contribution in [2.45, 2.75) is 44.3 Å². The van der Waals surface area contributed by atoms with E-state index in [2.05, 4.69) is 17.3 Å². The van der Waals surface area contributed by atoms with E-state index in [0.717, 1.165) is 32.1 Å². The first-order valence-corrected chi connectivity index (χ1v) is 5.89. The van der Waals surface area contributed by atoms with E-state index >= 15 is 0 Å². The Kier molecular flexibility index (Phi) is 5.83. The standard InChI is InChI=1S/C11H23N3O/c1-14-8-3-2-6-11(14)13-10(9-15)5-4-7-12/h9-11,13H,2-8,12H2,1H3/t10-,11?/m0/s1. The van der Waals surface area contributed by atoms with E-state index in [1.807, 2.05) is 0 Å². The molecule has 0 saturated carbocycles. The summed E-state index contributed by atoms with van der Waals surface area (Å²) < 4.78 is 0. The minimum atomic E-state index is -0.0286. The molecule has 0 radical (unpaired) electrons. The number of likely N-dealkylation sites (tertiary alicyclic amines) is 1. The Morgan fingerprint density at radius 1 is 1.60 bits per heavy atom. The van der Waals surface area contributed by atoms with Gasteiger partial charge in [0.1, 0.15) is 6.29 Å². The summed E-state index contributed by atoms with van der Waals surface area (Å²) in [5, 5.41) is 3.39. The number of nitrogens with zero attached hydrogens (tertiary/aromatic N) is 1. The molecular weight excluding hydrogens is 190 g/mol. The summed E-state index contributed by atoms with van der Waals surface area (Å²) in [6, 6.07) is -0.0286. The Hall–Kier alpha value is -0.450. The van der Waals surface area contributed by atoms with E-state index in [-0.39, 0.29) is 6.04 Å². The van der Waals surface area contributed by atoms with Crippen molar-refractivity contribution in [2.75, 3.05) is 20.1 Å². The van der Waals surface area contributed by atoms with Crippen LogP contribution in [0.15, 0.2) is 0 Å². The minimum Gasteiger partial charge on any atom is -0.330 e. The molecule has 4 nitrogen and oxygen atoms in total. The number of hydrogen-bond acceptors (Lipinski definition) is 4. The van der Waals surface area contributed by atoms with Gasteiger partial charge in [-0.3, -0.25) is 10.2 Å². The van der Waals surface area contributed by atoms with Crippen molar-refractivity contribution in [3.05, 3.63) is 0 Å². The lowest BCUT2D eigenvalue weighted by molar-refractivity contribution is -0.110. The van der Waals surface area contributed by atoms with Gasteiger partial charge in [0.2, 0.25) is 0 Å². The molecule has 0 aromatic heterocycles. The zero-order valence-corrected chi connectivity index (χ0v) is 9.61. The number of nitrogens with two attached hydrogens (primary N) is 1. The molecule has 0 spiro atoms. The molecule has 1 heterocycles. The monoisotopic (exact) mass is 213 g/mol. The first kappa shape index (κ1) is 12.6. The van der Waals surface area contributed by atoms with E-state index in [1.165, 1.54) is 12.8 Å². The topological polar surface area (TPSA) is 58.4 Å². The Balaban J connectivity index is 2.32. The van der Waals surface area contributed by atoms with Crippen LogP contribution in [0.25, 0.3) is 0 Å². The van der Waals surface area contributed by atoms with Gasteiger partial charge >= 0.3 is 0 Å². The predicted octanol–water partition coefficient (Wildman–Crippen LogP) is 0.324. The van der Waals surface area contributed by atoms with Gasteiger partial charge in [0.15, 0.2) is 0 Å². The second-order valence-electron chi connectivity index (χ2n) is 4.33. The van der Waals surface area contributed by atoms with Gasteiger partial charge in [-0.1, -0.05) is 0 Å². The lowest BCUT2D eigenvalue weighted by Crippen LogP contribution is -2.50. The third-order valence-corrected chi connectivity index (χ3v) is 3.06. The predicted molar refractivity (Wildman–Crippen MR) is 61.5 cm³/mol. The average Bonchev–Trinajstić information content (AvgIpc) is 2.26. The molecule has 0 aromatic carbocycles. The highest BCUT2D eigenvalue weighted by atomic mass is 16.1. The fourth-order valence-electron chi connectivity index (χ4n) is 2.06. The van der Waals surface area contributed by atoms with Gasteiger partial charge in [0.05, 0.1) is 12.2 Å². The molecule has 0 aromatic rings. The van der Waals surface area contributed by atoms with E-state index in [1.54, 1.807) is 0 Å². The zero-order valence-electron chi connectivity index (χ0n) is 9.61. The van der Waals surface area contributed by atoms with Gasteiger partial charge in [-0.15, -0.1) is 0 Å². The first-order valence-electron chi connectivity index (χ1n) is 5.89. The second kappa shape index (κ2) is 6.93. The zero-order chi connectivity index (χ0) is 11.1. The van der Waals surface area contributed by atoms with Crippen molar-refractivity contribution in [1.29, 1.82) is 0 Å². The Labute approximate surface area is 92.2 Å². The number of hydrogen-bond donors (Lipinski definition) is 2. The normalized spacial score (nSPS) is 25.1. The van der Waals surface area contributed by atoms with Crippen molar-refractivity contribution < 1.29 is 4.79 Å². The van der Waals surface area contributed by atoms with Crippen molar-refractivity contribution in [3.63, 3.8) is 0 Å². The Morgan fingerprint density at radius 2 is 2.40 bits per heavy atom. The van der Waals surface area contributed by atoms with Crippen molar-refractivity contribution in [1.82, 2.24) is 10.2 Å². The summed E-state index contributed by atoms with van der Waals surface area (Å²) >= 11 is 0. The van der Waals surface area contributed by atoms with Crippen LogP contribution < -0.4 is 11.1 Å². The third-order valence-electron chi connectivity index (χ3n) is 3.06. The molecule has 15 heavy (non-hydrogen) atoms. The third kappa shape index (κ3) is 4.28. The molecule has 4 heteroatoms. The number of nitrogens with one attached hydrogen (secondary N) is 1. The second-order valence-corrected chi connectivity index (χ2v) is 4.33. The maximum Gasteiger partial charge on any atom is 0.136 e. The molecule has 1 fully saturated rings. The Bertz CT molecular complexity index is 187. The molecule has 88 valence electrons.